The summed E-state index contributed by atoms with van der Waals surface area (Å²) in [6, 6.07) is 6.28. The van der Waals surface area contributed by atoms with E-state index in [2.05, 4.69) is 29.1 Å². The zero-order valence-corrected chi connectivity index (χ0v) is 26.3. The van der Waals surface area contributed by atoms with E-state index in [0.717, 1.165) is 16.4 Å². The van der Waals surface area contributed by atoms with Gasteiger partial charge in [0.15, 0.2) is 9.84 Å². The van der Waals surface area contributed by atoms with Crippen LogP contribution in [0.1, 0.15) is 66.4 Å². The Morgan fingerprint density at radius 2 is 1.17 bits per heavy atom. The number of benzene rings is 1. The summed E-state index contributed by atoms with van der Waals surface area (Å²) in [5.41, 5.74) is 0.815. The van der Waals surface area contributed by atoms with Gasteiger partial charge in [-0.25, -0.2) is 18.0 Å². The first-order valence-electron chi connectivity index (χ1n) is 13.8. The van der Waals surface area contributed by atoms with Gasteiger partial charge < -0.3 is 25.8 Å². The number of ether oxygens (including phenoxy) is 1. The molecule has 236 valence electrons. The van der Waals surface area contributed by atoms with E-state index in [1.54, 1.807) is 0 Å². The number of hydrogen-bond donors (Lipinski definition) is 4. The van der Waals surface area contributed by atoms with Crippen molar-refractivity contribution in [1.29, 1.82) is 0 Å². The molecule has 12 heteroatoms. The Bertz CT molecular complexity index is 1120. The number of hydrogen-bond acceptors (Lipinski definition) is 7. The molecule has 0 saturated carbocycles. The SMILES string of the molecule is C=CS(=O)(=O)C=C.CC(C)CC(NC(=O)C(CC(C)C)NC(=O)C(CC(C)C)NC(=O)OCc1ccccc1)C(=O)O. The fraction of sp³-hybridized carbons (Fsp3) is 0.533. The zero-order chi connectivity index (χ0) is 32.5. The first-order chi connectivity index (χ1) is 19.5. The second-order valence-corrected chi connectivity index (χ2v) is 12.9. The molecule has 4 N–H and O–H groups in total. The number of alkyl carbamates (subject to hydrolysis) is 1. The molecule has 3 unspecified atom stereocenters. The first kappa shape index (κ1) is 38.3. The summed E-state index contributed by atoms with van der Waals surface area (Å²) in [7, 11) is -3.13. The largest absolute Gasteiger partial charge is 0.480 e. The van der Waals surface area contributed by atoms with Gasteiger partial charge in [-0.3, -0.25) is 9.59 Å². The molecule has 3 amide bonds. The molecule has 0 fully saturated rings. The van der Waals surface area contributed by atoms with Gasteiger partial charge in [0.05, 0.1) is 0 Å². The first-order valence-corrected chi connectivity index (χ1v) is 15.4. The average Bonchev–Trinajstić information content (AvgIpc) is 2.90. The summed E-state index contributed by atoms with van der Waals surface area (Å²) in [6.07, 6.45) is 0.197. The number of carbonyl (C=O) groups excluding carboxylic acids is 3. The molecular formula is C30H47N3O8S. The van der Waals surface area contributed by atoms with Crippen LogP contribution in [0.15, 0.2) is 54.3 Å². The van der Waals surface area contributed by atoms with Crippen molar-refractivity contribution in [2.24, 2.45) is 17.8 Å². The Morgan fingerprint density at radius 3 is 1.55 bits per heavy atom. The minimum atomic E-state index is -3.13. The molecule has 0 saturated heterocycles. The third-order valence-corrected chi connectivity index (χ3v) is 6.58. The molecule has 0 aliphatic rings. The lowest BCUT2D eigenvalue weighted by molar-refractivity contribution is -0.142. The van der Waals surface area contributed by atoms with Crippen LogP contribution in [0, 0.1) is 17.8 Å². The van der Waals surface area contributed by atoms with Crippen molar-refractivity contribution < 1.29 is 37.4 Å². The van der Waals surface area contributed by atoms with Crippen molar-refractivity contribution in [3.8, 4) is 0 Å². The number of carboxylic acids is 1. The van der Waals surface area contributed by atoms with E-state index < -0.39 is 51.8 Å². The van der Waals surface area contributed by atoms with Crippen molar-refractivity contribution in [3.05, 3.63) is 59.9 Å². The average molecular weight is 610 g/mol. The molecule has 0 aliphatic carbocycles. The molecule has 0 bridgehead atoms. The number of amides is 3. The van der Waals surface area contributed by atoms with Crippen molar-refractivity contribution in [2.45, 2.75) is 85.5 Å². The smallest absolute Gasteiger partial charge is 0.408 e. The summed E-state index contributed by atoms with van der Waals surface area (Å²) < 4.78 is 25.5. The predicted molar refractivity (Wildman–Crippen MR) is 163 cm³/mol. The lowest BCUT2D eigenvalue weighted by Gasteiger charge is -2.26. The molecule has 1 aromatic rings. The molecule has 0 aliphatic heterocycles. The van der Waals surface area contributed by atoms with Crippen LogP contribution in [0.5, 0.6) is 0 Å². The van der Waals surface area contributed by atoms with Crippen molar-refractivity contribution >= 4 is 33.7 Å². The lowest BCUT2D eigenvalue weighted by Crippen LogP contribution is -2.56. The van der Waals surface area contributed by atoms with Crippen molar-refractivity contribution in [2.75, 3.05) is 0 Å². The normalized spacial score (nSPS) is 13.2. The summed E-state index contributed by atoms with van der Waals surface area (Å²) in [4.78, 5) is 50.0. The Kier molecular flexibility index (Phi) is 17.8. The summed E-state index contributed by atoms with van der Waals surface area (Å²) in [5, 5.41) is 19.0. The van der Waals surface area contributed by atoms with Gasteiger partial charge in [0, 0.05) is 10.8 Å². The number of carboxylic acid groups (broad SMARTS) is 1. The summed E-state index contributed by atoms with van der Waals surface area (Å²) in [5.74, 6) is -1.99. The molecule has 0 radical (unpaired) electrons. The molecule has 42 heavy (non-hydrogen) atoms. The van der Waals surface area contributed by atoms with Gasteiger partial charge in [-0.15, -0.1) is 0 Å². The molecule has 11 nitrogen and oxygen atoms in total. The minimum Gasteiger partial charge on any atom is -0.480 e. The third kappa shape index (κ3) is 17.2. The van der Waals surface area contributed by atoms with E-state index in [-0.39, 0.29) is 30.8 Å². The molecule has 0 heterocycles. The standard InChI is InChI=1S/C26H41N3O6.C4H6O2S/c1-16(2)12-20(23(30)28-22(25(32)33)14-18(5)6)27-24(31)21(13-17(3)4)29-26(34)35-15-19-10-8-7-9-11-19;1-3-7(5,6)4-2/h7-11,16-18,20-22H,12-15H2,1-6H3,(H,27,31)(H,28,30)(H,29,34)(H,32,33);3-4H,1-2H2. The number of nitrogens with one attached hydrogen (secondary N) is 3. The number of carbonyl (C=O) groups is 4. The fourth-order valence-corrected chi connectivity index (χ4v) is 3.75. The maximum absolute atomic E-state index is 13.1. The van der Waals surface area contributed by atoms with Gasteiger partial charge in [-0.05, 0) is 42.6 Å². The van der Waals surface area contributed by atoms with E-state index in [1.807, 2.05) is 71.9 Å². The van der Waals surface area contributed by atoms with Crippen LogP contribution >= 0.6 is 0 Å². The highest BCUT2D eigenvalue weighted by atomic mass is 32.2. The Hall–Kier alpha value is -3.67. The zero-order valence-electron chi connectivity index (χ0n) is 25.5. The van der Waals surface area contributed by atoms with Gasteiger partial charge in [-0.2, -0.15) is 0 Å². The molecule has 1 aromatic carbocycles. The Morgan fingerprint density at radius 1 is 0.762 bits per heavy atom. The minimum absolute atomic E-state index is 0.0618. The third-order valence-electron chi connectivity index (χ3n) is 5.65. The van der Waals surface area contributed by atoms with Crippen LogP contribution in [0.3, 0.4) is 0 Å². The van der Waals surface area contributed by atoms with Gasteiger partial charge >= 0.3 is 12.1 Å². The highest BCUT2D eigenvalue weighted by Gasteiger charge is 2.30. The second kappa shape index (κ2) is 19.5. The van der Waals surface area contributed by atoms with Crippen LogP contribution in [0.4, 0.5) is 4.79 Å². The van der Waals surface area contributed by atoms with Crippen LogP contribution in [-0.2, 0) is 35.6 Å². The van der Waals surface area contributed by atoms with Crippen LogP contribution in [0.25, 0.3) is 0 Å². The maximum atomic E-state index is 13.1. The Balaban J connectivity index is 0.00000212. The summed E-state index contributed by atoms with van der Waals surface area (Å²) >= 11 is 0. The van der Waals surface area contributed by atoms with E-state index in [0.29, 0.717) is 12.8 Å². The van der Waals surface area contributed by atoms with Crippen molar-refractivity contribution in [1.82, 2.24) is 16.0 Å². The molecule has 3 atom stereocenters. The number of aliphatic carboxylic acids is 1. The molecule has 1 rings (SSSR count). The van der Waals surface area contributed by atoms with Crippen LogP contribution in [-0.4, -0.2) is 55.5 Å². The highest BCUT2D eigenvalue weighted by Crippen LogP contribution is 2.11. The van der Waals surface area contributed by atoms with E-state index in [1.165, 1.54) is 0 Å². The van der Waals surface area contributed by atoms with E-state index >= 15 is 0 Å². The van der Waals surface area contributed by atoms with E-state index in [4.69, 9.17) is 4.74 Å². The van der Waals surface area contributed by atoms with Gasteiger partial charge in [0.2, 0.25) is 11.8 Å². The predicted octanol–water partition coefficient (Wildman–Crippen LogP) is 4.16. The van der Waals surface area contributed by atoms with Crippen molar-refractivity contribution in [3.63, 3.8) is 0 Å². The number of rotatable bonds is 16. The van der Waals surface area contributed by atoms with Crippen LogP contribution in [0.2, 0.25) is 0 Å². The summed E-state index contributed by atoms with van der Waals surface area (Å²) in [6.45, 7) is 17.5. The van der Waals surface area contributed by atoms with Gasteiger partial charge in [-0.1, -0.05) is 85.0 Å². The van der Waals surface area contributed by atoms with Gasteiger partial charge in [0.25, 0.3) is 0 Å². The maximum Gasteiger partial charge on any atom is 0.408 e. The second-order valence-electron chi connectivity index (χ2n) is 11.0. The van der Waals surface area contributed by atoms with Crippen LogP contribution < -0.4 is 16.0 Å². The highest BCUT2D eigenvalue weighted by molar-refractivity contribution is 7.97. The monoisotopic (exact) mass is 609 g/mol. The Labute approximate surface area is 250 Å². The molecule has 0 spiro atoms. The molecule has 0 aromatic heterocycles. The molecular weight excluding hydrogens is 562 g/mol. The van der Waals surface area contributed by atoms with Gasteiger partial charge in [0.1, 0.15) is 24.7 Å². The topological polar surface area (TPSA) is 168 Å². The number of sulfone groups is 1. The van der Waals surface area contributed by atoms with E-state index in [9.17, 15) is 32.7 Å². The fourth-order valence-electron chi connectivity index (χ4n) is 3.62. The lowest BCUT2D eigenvalue weighted by atomic mass is 9.99. The quantitative estimate of drug-likeness (QED) is 0.217.